The number of carbonyl (C=O) groups excluding carboxylic acids is 1. The van der Waals surface area contributed by atoms with E-state index in [1.54, 1.807) is 20.8 Å². The Hall–Kier alpha value is -1.93. The first-order valence-electron chi connectivity index (χ1n) is 6.83. The minimum Gasteiger partial charge on any atom is -0.480 e. The van der Waals surface area contributed by atoms with Crippen molar-refractivity contribution in [3.05, 3.63) is 29.8 Å². The minimum atomic E-state index is -3.71. The molecule has 0 saturated carbocycles. The molecule has 0 aliphatic heterocycles. The predicted molar refractivity (Wildman–Crippen MR) is 81.1 cm³/mol. The third kappa shape index (κ3) is 4.81. The number of carboxylic acid groups (broad SMARTS) is 1. The molecule has 8 heteroatoms. The van der Waals surface area contributed by atoms with Crippen LogP contribution in [0.15, 0.2) is 29.2 Å². The summed E-state index contributed by atoms with van der Waals surface area (Å²) in [5.41, 5.74) is 0.0892. The van der Waals surface area contributed by atoms with Crippen molar-refractivity contribution in [1.82, 2.24) is 10.0 Å². The van der Waals surface area contributed by atoms with Crippen LogP contribution in [0.2, 0.25) is 0 Å². The largest absolute Gasteiger partial charge is 0.480 e. The Labute approximate surface area is 129 Å². The summed E-state index contributed by atoms with van der Waals surface area (Å²) in [6, 6.07) is 4.16. The lowest BCUT2D eigenvalue weighted by molar-refractivity contribution is -0.139. The average Bonchev–Trinajstić information content (AvgIpc) is 2.43. The molecule has 0 heterocycles. The molecule has 1 aromatic rings. The quantitative estimate of drug-likeness (QED) is 0.690. The molecule has 1 amide bonds. The van der Waals surface area contributed by atoms with Crippen molar-refractivity contribution < 1.29 is 23.1 Å². The van der Waals surface area contributed by atoms with Crippen LogP contribution in [0.1, 0.15) is 37.6 Å². The van der Waals surface area contributed by atoms with E-state index in [1.165, 1.54) is 24.3 Å². The minimum absolute atomic E-state index is 0.0442. The number of hydrogen-bond donors (Lipinski definition) is 3. The average molecular weight is 328 g/mol. The number of carbonyl (C=O) groups is 2. The number of carboxylic acids is 1. The van der Waals surface area contributed by atoms with E-state index in [0.29, 0.717) is 0 Å². The fourth-order valence-electron chi connectivity index (χ4n) is 1.76. The Morgan fingerprint density at radius 2 is 1.91 bits per heavy atom. The zero-order valence-electron chi connectivity index (χ0n) is 12.7. The molecule has 22 heavy (non-hydrogen) atoms. The summed E-state index contributed by atoms with van der Waals surface area (Å²) in [4.78, 5) is 22.9. The lowest BCUT2D eigenvalue weighted by Crippen LogP contribution is -2.40. The number of nitrogens with one attached hydrogen (secondary N) is 2. The van der Waals surface area contributed by atoms with E-state index in [-0.39, 0.29) is 22.9 Å². The van der Waals surface area contributed by atoms with E-state index in [9.17, 15) is 18.0 Å². The summed E-state index contributed by atoms with van der Waals surface area (Å²) in [6.07, 6.45) is 0.230. The molecule has 1 aromatic carbocycles. The molecule has 0 fully saturated rings. The van der Waals surface area contributed by atoms with Gasteiger partial charge in [0.15, 0.2) is 0 Å². The van der Waals surface area contributed by atoms with Gasteiger partial charge in [-0.1, -0.05) is 13.0 Å². The summed E-state index contributed by atoms with van der Waals surface area (Å²) in [7, 11) is -3.71. The highest BCUT2D eigenvalue weighted by molar-refractivity contribution is 7.89. The van der Waals surface area contributed by atoms with Crippen LogP contribution < -0.4 is 10.0 Å². The molecule has 0 aliphatic carbocycles. The van der Waals surface area contributed by atoms with Crippen LogP contribution in [-0.2, 0) is 14.8 Å². The van der Waals surface area contributed by atoms with Crippen LogP contribution in [0.25, 0.3) is 0 Å². The van der Waals surface area contributed by atoms with Gasteiger partial charge in [-0.25, -0.2) is 17.9 Å². The van der Waals surface area contributed by atoms with Gasteiger partial charge in [-0.3, -0.25) is 4.79 Å². The fourth-order valence-corrected chi connectivity index (χ4v) is 3.06. The van der Waals surface area contributed by atoms with Gasteiger partial charge in [0, 0.05) is 11.6 Å². The van der Waals surface area contributed by atoms with Crippen molar-refractivity contribution >= 4 is 21.9 Å². The summed E-state index contributed by atoms with van der Waals surface area (Å²) in [6.45, 7) is 5.01. The molecular weight excluding hydrogens is 308 g/mol. The standard InChI is InChI=1S/C14H20N2O5S/c1-4-12(14(18)19)15-13(17)10-6-5-7-11(8-10)22(20,21)16-9(2)3/h5-9,12,16H,4H2,1-3H3,(H,15,17)(H,18,19). The molecule has 0 aliphatic rings. The number of benzene rings is 1. The molecule has 1 atom stereocenters. The van der Waals surface area contributed by atoms with Gasteiger partial charge in [-0.2, -0.15) is 0 Å². The molecule has 7 nitrogen and oxygen atoms in total. The Kier molecular flexibility index (Phi) is 6.07. The van der Waals surface area contributed by atoms with Gasteiger partial charge in [0.1, 0.15) is 6.04 Å². The van der Waals surface area contributed by atoms with Crippen LogP contribution in [0.3, 0.4) is 0 Å². The highest BCUT2D eigenvalue weighted by atomic mass is 32.2. The van der Waals surface area contributed by atoms with E-state index in [4.69, 9.17) is 5.11 Å². The molecule has 1 unspecified atom stereocenters. The molecule has 3 N–H and O–H groups in total. The zero-order chi connectivity index (χ0) is 16.9. The third-order valence-corrected chi connectivity index (χ3v) is 4.47. The molecule has 0 spiro atoms. The van der Waals surface area contributed by atoms with Crippen LogP contribution in [-0.4, -0.2) is 37.5 Å². The Morgan fingerprint density at radius 3 is 2.41 bits per heavy atom. The Morgan fingerprint density at radius 1 is 1.27 bits per heavy atom. The second-order valence-corrected chi connectivity index (χ2v) is 6.79. The van der Waals surface area contributed by atoms with Gasteiger partial charge in [0.2, 0.25) is 10.0 Å². The smallest absolute Gasteiger partial charge is 0.326 e. The van der Waals surface area contributed by atoms with Crippen molar-refractivity contribution in [3.8, 4) is 0 Å². The van der Waals surface area contributed by atoms with Crippen molar-refractivity contribution in [3.63, 3.8) is 0 Å². The summed E-state index contributed by atoms with van der Waals surface area (Å²) >= 11 is 0. The molecular formula is C14H20N2O5S. The topological polar surface area (TPSA) is 113 Å². The Balaban J connectivity index is 3.02. The second kappa shape index (κ2) is 7.37. The van der Waals surface area contributed by atoms with E-state index >= 15 is 0 Å². The zero-order valence-corrected chi connectivity index (χ0v) is 13.5. The van der Waals surface area contributed by atoms with Gasteiger partial charge in [-0.05, 0) is 38.5 Å². The number of rotatable bonds is 7. The van der Waals surface area contributed by atoms with Crippen LogP contribution in [0, 0.1) is 0 Å². The van der Waals surface area contributed by atoms with Crippen molar-refractivity contribution in [1.29, 1.82) is 0 Å². The first kappa shape index (κ1) is 18.1. The first-order valence-corrected chi connectivity index (χ1v) is 8.31. The lowest BCUT2D eigenvalue weighted by Gasteiger charge is -2.13. The second-order valence-electron chi connectivity index (χ2n) is 5.08. The van der Waals surface area contributed by atoms with Crippen LogP contribution >= 0.6 is 0 Å². The SMILES string of the molecule is CCC(NC(=O)c1cccc(S(=O)(=O)NC(C)C)c1)C(=O)O. The summed E-state index contributed by atoms with van der Waals surface area (Å²) in [5, 5.41) is 11.3. The van der Waals surface area contributed by atoms with Crippen molar-refractivity contribution in [2.24, 2.45) is 0 Å². The van der Waals surface area contributed by atoms with E-state index in [2.05, 4.69) is 10.0 Å². The fraction of sp³-hybridized carbons (Fsp3) is 0.429. The monoisotopic (exact) mass is 328 g/mol. The van der Waals surface area contributed by atoms with Gasteiger partial charge in [0.05, 0.1) is 4.90 Å². The third-order valence-electron chi connectivity index (χ3n) is 2.81. The lowest BCUT2D eigenvalue weighted by atomic mass is 10.1. The maximum Gasteiger partial charge on any atom is 0.326 e. The van der Waals surface area contributed by atoms with Gasteiger partial charge in [0.25, 0.3) is 5.91 Å². The molecule has 122 valence electrons. The molecule has 1 rings (SSSR count). The predicted octanol–water partition coefficient (Wildman–Crippen LogP) is 0.966. The molecule has 0 saturated heterocycles. The van der Waals surface area contributed by atoms with Crippen molar-refractivity contribution in [2.45, 2.75) is 44.2 Å². The van der Waals surface area contributed by atoms with Crippen molar-refractivity contribution in [2.75, 3.05) is 0 Å². The highest BCUT2D eigenvalue weighted by Gasteiger charge is 2.21. The van der Waals surface area contributed by atoms with Crippen LogP contribution in [0.5, 0.6) is 0 Å². The first-order chi connectivity index (χ1) is 10.2. The molecule has 0 aromatic heterocycles. The highest BCUT2D eigenvalue weighted by Crippen LogP contribution is 2.12. The molecule has 0 bridgehead atoms. The van der Waals surface area contributed by atoms with Gasteiger partial charge < -0.3 is 10.4 Å². The van der Waals surface area contributed by atoms with E-state index in [1.807, 2.05) is 0 Å². The Bertz CT molecular complexity index is 655. The van der Waals surface area contributed by atoms with Gasteiger partial charge in [-0.15, -0.1) is 0 Å². The maximum absolute atomic E-state index is 12.1. The number of aliphatic carboxylic acids is 1. The number of sulfonamides is 1. The van der Waals surface area contributed by atoms with Gasteiger partial charge >= 0.3 is 5.97 Å². The van der Waals surface area contributed by atoms with E-state index in [0.717, 1.165) is 0 Å². The maximum atomic E-state index is 12.1. The number of amides is 1. The molecule has 0 radical (unpaired) electrons. The summed E-state index contributed by atoms with van der Waals surface area (Å²) < 4.78 is 26.6. The number of hydrogen-bond acceptors (Lipinski definition) is 4. The normalized spacial score (nSPS) is 12.9. The summed E-state index contributed by atoms with van der Waals surface area (Å²) in [5.74, 6) is -1.77. The van der Waals surface area contributed by atoms with E-state index < -0.39 is 27.9 Å². The van der Waals surface area contributed by atoms with Crippen LogP contribution in [0.4, 0.5) is 0 Å².